The van der Waals surface area contributed by atoms with Crippen LogP contribution in [0.25, 0.3) is 0 Å². The Balaban J connectivity index is -0.0000000480. The maximum atomic E-state index is 9.10. The van der Waals surface area contributed by atoms with Crippen LogP contribution < -0.4 is 0 Å². The zero-order valence-corrected chi connectivity index (χ0v) is 8.44. The van der Waals surface area contributed by atoms with E-state index in [2.05, 4.69) is 11.4 Å². The second kappa shape index (κ2) is 27.2. The van der Waals surface area contributed by atoms with Crippen LogP contribution in [0.15, 0.2) is 0 Å². The molecule has 0 fully saturated rings. The van der Waals surface area contributed by atoms with E-state index < -0.39 is 8.69 Å². The molecule has 1 radical (unpaired) electrons. The van der Waals surface area contributed by atoms with Gasteiger partial charge < -0.3 is 6.92 Å². The fourth-order valence-corrected chi connectivity index (χ4v) is 0. The van der Waals surface area contributed by atoms with Crippen molar-refractivity contribution in [3.8, 4) is 0 Å². The van der Waals surface area contributed by atoms with E-state index in [4.69, 9.17) is 4.57 Å². The minimum atomic E-state index is -0.610. The molecule has 1 atom stereocenters. The Morgan fingerprint density at radius 2 is 1.71 bits per heavy atom. The van der Waals surface area contributed by atoms with Gasteiger partial charge in [-0.3, -0.25) is 0 Å². The summed E-state index contributed by atoms with van der Waals surface area (Å²) in [6.45, 7) is 5.00. The summed E-state index contributed by atoms with van der Waals surface area (Å²) in [5.74, 6) is 0. The number of hydrogen-bond donors (Lipinski definition) is 0. The Labute approximate surface area is 71.2 Å². The average Bonchev–Trinajstić information content (AvgIpc) is 1.72. The van der Waals surface area contributed by atoms with Gasteiger partial charge in [0.1, 0.15) is 0 Å². The normalized spacial score (nSPS) is 5.57. The van der Waals surface area contributed by atoms with E-state index in [0.29, 0.717) is 0 Å². The molecule has 0 aliphatic rings. The summed E-state index contributed by atoms with van der Waals surface area (Å²) < 4.78 is 13.1. The fourth-order valence-electron chi connectivity index (χ4n) is 0. The minimum Gasteiger partial charge on any atom is -0.346 e. The SMILES string of the molecule is CO[PH+]=O.[CH2-]C.[Y]. The van der Waals surface area contributed by atoms with E-state index in [-0.39, 0.29) is 32.7 Å². The molecule has 0 aliphatic carbocycles. The van der Waals surface area contributed by atoms with E-state index >= 15 is 0 Å². The van der Waals surface area contributed by atoms with Gasteiger partial charge >= 0.3 is 8.69 Å². The molecule has 0 rings (SSSR count). The molecule has 0 spiro atoms. The second-order valence-corrected chi connectivity index (χ2v) is 0.862. The predicted octanol–water partition coefficient (Wildman–Crippen LogP) is 1.41. The van der Waals surface area contributed by atoms with Crippen LogP contribution in [0.5, 0.6) is 0 Å². The van der Waals surface area contributed by atoms with Gasteiger partial charge in [-0.15, -0.1) is 0 Å². The van der Waals surface area contributed by atoms with Crippen molar-refractivity contribution in [3.63, 3.8) is 0 Å². The third-order valence-electron chi connectivity index (χ3n) is 0.0833. The van der Waals surface area contributed by atoms with Crippen molar-refractivity contribution < 1.29 is 41.8 Å². The van der Waals surface area contributed by atoms with Crippen LogP contribution in [0.2, 0.25) is 0 Å². The molecule has 0 amide bonds. The van der Waals surface area contributed by atoms with Crippen LogP contribution in [0.1, 0.15) is 6.92 Å². The van der Waals surface area contributed by atoms with Gasteiger partial charge in [0, 0.05) is 32.7 Å². The Hall–Kier alpha value is 1.16. The number of rotatable bonds is 1. The van der Waals surface area contributed by atoms with E-state index in [1.165, 1.54) is 7.11 Å². The maximum Gasteiger partial charge on any atom is 0.493 e. The van der Waals surface area contributed by atoms with Crippen molar-refractivity contribution in [2.24, 2.45) is 0 Å². The van der Waals surface area contributed by atoms with Gasteiger partial charge in [0.15, 0.2) is 0 Å². The van der Waals surface area contributed by atoms with Crippen molar-refractivity contribution in [1.82, 2.24) is 0 Å². The summed E-state index contributed by atoms with van der Waals surface area (Å²) in [6, 6.07) is 0. The summed E-state index contributed by atoms with van der Waals surface area (Å²) in [5.41, 5.74) is 0. The molecule has 0 N–H and O–H groups in total. The first kappa shape index (κ1) is 15.7. The van der Waals surface area contributed by atoms with E-state index in [1.807, 2.05) is 0 Å². The molecule has 2 nitrogen and oxygen atoms in total. The molecule has 4 heteroatoms. The van der Waals surface area contributed by atoms with Gasteiger partial charge in [0.2, 0.25) is 0 Å². The largest absolute Gasteiger partial charge is 0.493 e. The number of hydrogen-bond acceptors (Lipinski definition) is 2. The fraction of sp³-hybridized carbons (Fsp3) is 0.667. The molecule has 0 aromatic heterocycles. The summed E-state index contributed by atoms with van der Waals surface area (Å²) in [7, 11) is 0.771. The molecule has 0 saturated heterocycles. The van der Waals surface area contributed by atoms with Crippen LogP contribution in [0.4, 0.5) is 0 Å². The Morgan fingerprint density at radius 3 is 1.71 bits per heavy atom. The Kier molecular flexibility index (Phi) is 61.0. The van der Waals surface area contributed by atoms with Crippen LogP contribution in [0, 0.1) is 6.92 Å². The Bertz CT molecular complexity index is 26.9. The zero-order valence-electron chi connectivity index (χ0n) is 4.60. The third-order valence-corrected chi connectivity index (χ3v) is 0.250. The topological polar surface area (TPSA) is 26.3 Å². The summed E-state index contributed by atoms with van der Waals surface area (Å²) in [6.07, 6.45) is 0. The molecule has 0 aromatic rings. The van der Waals surface area contributed by atoms with Crippen molar-refractivity contribution in [2.45, 2.75) is 6.92 Å². The van der Waals surface area contributed by atoms with Gasteiger partial charge in [0.05, 0.1) is 7.11 Å². The summed E-state index contributed by atoms with van der Waals surface area (Å²) in [4.78, 5) is 0. The first-order valence-corrected chi connectivity index (χ1v) is 2.34. The zero-order chi connectivity index (χ0) is 5.41. The van der Waals surface area contributed by atoms with Crippen LogP contribution in [-0.2, 0) is 41.8 Å². The maximum absolute atomic E-state index is 9.10. The van der Waals surface area contributed by atoms with Crippen LogP contribution in [0.3, 0.4) is 0 Å². The average molecular weight is 197 g/mol. The van der Waals surface area contributed by atoms with Crippen molar-refractivity contribution in [2.75, 3.05) is 7.11 Å². The molecule has 0 aromatic carbocycles. The Morgan fingerprint density at radius 1 is 1.57 bits per heavy atom. The quantitative estimate of drug-likeness (QED) is 0.469. The van der Waals surface area contributed by atoms with Gasteiger partial charge in [-0.1, -0.05) is 0 Å². The van der Waals surface area contributed by atoms with Crippen molar-refractivity contribution in [3.05, 3.63) is 6.92 Å². The summed E-state index contributed by atoms with van der Waals surface area (Å²) in [5, 5.41) is 0. The molecule has 7 heavy (non-hydrogen) atoms. The van der Waals surface area contributed by atoms with E-state index in [1.54, 1.807) is 6.92 Å². The second-order valence-electron chi connectivity index (χ2n) is 0.287. The first-order chi connectivity index (χ1) is 2.91. The predicted molar refractivity (Wildman–Crippen MR) is 27.0 cm³/mol. The summed E-state index contributed by atoms with van der Waals surface area (Å²) >= 11 is 0. The van der Waals surface area contributed by atoms with Crippen molar-refractivity contribution in [1.29, 1.82) is 0 Å². The standard InChI is InChI=1S/C2H5.CH4O2P.Y/c1-2;1-3-4-2;/h1H2,2H3;4H,1H3;/q-1;+1;. The molecule has 1 unspecified atom stereocenters. The van der Waals surface area contributed by atoms with Gasteiger partial charge in [0.25, 0.3) is 0 Å². The molecular weight excluding hydrogens is 188 g/mol. The minimum absolute atomic E-state index is 0. The monoisotopic (exact) mass is 197 g/mol. The molecule has 0 bridgehead atoms. The van der Waals surface area contributed by atoms with E-state index in [0.717, 1.165) is 0 Å². The van der Waals surface area contributed by atoms with Gasteiger partial charge in [-0.05, 0) is 4.57 Å². The van der Waals surface area contributed by atoms with E-state index in [9.17, 15) is 0 Å². The smallest absolute Gasteiger partial charge is 0.346 e. The van der Waals surface area contributed by atoms with Crippen LogP contribution in [-0.4, -0.2) is 7.11 Å². The molecular formula is C3H9O2PY. The van der Waals surface area contributed by atoms with Crippen LogP contribution >= 0.6 is 8.69 Å². The molecule has 0 heterocycles. The van der Waals surface area contributed by atoms with Crippen molar-refractivity contribution >= 4 is 8.69 Å². The molecule has 0 aliphatic heterocycles. The molecule has 41 valence electrons. The molecule has 0 saturated carbocycles. The van der Waals surface area contributed by atoms with Gasteiger partial charge in [-0.2, -0.15) is 11.4 Å². The van der Waals surface area contributed by atoms with Gasteiger partial charge in [-0.25, -0.2) is 0 Å². The third kappa shape index (κ3) is 40.8. The first-order valence-electron chi connectivity index (χ1n) is 1.52.